The average Bonchev–Trinajstić information content (AvgIpc) is 2.33. The lowest BCUT2D eigenvalue weighted by Crippen LogP contribution is -2.17. The molecule has 0 radical (unpaired) electrons. The summed E-state index contributed by atoms with van der Waals surface area (Å²) in [5.74, 6) is 1.03. The molecule has 1 N–H and O–H groups in total. The van der Waals surface area contributed by atoms with Crippen molar-refractivity contribution in [3.63, 3.8) is 0 Å². The van der Waals surface area contributed by atoms with Crippen molar-refractivity contribution in [1.29, 1.82) is 0 Å². The second-order valence-electron chi connectivity index (χ2n) is 4.00. The second kappa shape index (κ2) is 6.47. The van der Waals surface area contributed by atoms with Crippen LogP contribution in [0.4, 0.5) is 0 Å². The van der Waals surface area contributed by atoms with Crippen molar-refractivity contribution < 1.29 is 0 Å². The van der Waals surface area contributed by atoms with Crippen molar-refractivity contribution in [3.05, 3.63) is 0 Å². The highest BCUT2D eigenvalue weighted by Crippen LogP contribution is 2.24. The van der Waals surface area contributed by atoms with Gasteiger partial charge in [0.1, 0.15) is 0 Å². The minimum atomic E-state index is 1.03. The molecule has 1 saturated carbocycles. The predicted molar refractivity (Wildman–Crippen MR) is 54.4 cm³/mol. The second-order valence-corrected chi connectivity index (χ2v) is 4.00. The van der Waals surface area contributed by atoms with E-state index in [1.165, 1.54) is 51.5 Å². The Bertz CT molecular complexity index is 93.2. The molecule has 0 heterocycles. The summed E-state index contributed by atoms with van der Waals surface area (Å²) < 4.78 is 0. The van der Waals surface area contributed by atoms with Gasteiger partial charge < -0.3 is 5.32 Å². The Balaban J connectivity index is 2.04. The summed E-state index contributed by atoms with van der Waals surface area (Å²) in [6.45, 7) is 4.56. The van der Waals surface area contributed by atoms with Crippen LogP contribution in [0.2, 0.25) is 0 Å². The standard InChI is InChI=1S/C11H23N/c1-2-12-10-9-11-7-5-3-4-6-8-11/h11-12H,2-10H2,1H3. The minimum absolute atomic E-state index is 1.03. The van der Waals surface area contributed by atoms with E-state index < -0.39 is 0 Å². The van der Waals surface area contributed by atoms with Gasteiger partial charge in [-0.25, -0.2) is 0 Å². The molecule has 0 spiro atoms. The zero-order valence-electron chi connectivity index (χ0n) is 8.44. The van der Waals surface area contributed by atoms with Crippen LogP contribution >= 0.6 is 0 Å². The van der Waals surface area contributed by atoms with E-state index in [-0.39, 0.29) is 0 Å². The predicted octanol–water partition coefficient (Wildman–Crippen LogP) is 2.96. The van der Waals surface area contributed by atoms with Crippen molar-refractivity contribution in [2.75, 3.05) is 13.1 Å². The van der Waals surface area contributed by atoms with E-state index >= 15 is 0 Å². The van der Waals surface area contributed by atoms with Crippen molar-refractivity contribution in [2.45, 2.75) is 51.9 Å². The van der Waals surface area contributed by atoms with E-state index in [4.69, 9.17) is 0 Å². The summed E-state index contributed by atoms with van der Waals surface area (Å²) in [4.78, 5) is 0. The Labute approximate surface area is 76.9 Å². The average molecular weight is 169 g/mol. The molecule has 0 bridgehead atoms. The van der Waals surface area contributed by atoms with Crippen LogP contribution in [0.5, 0.6) is 0 Å². The van der Waals surface area contributed by atoms with Gasteiger partial charge in [-0.05, 0) is 25.4 Å². The maximum atomic E-state index is 3.42. The third-order valence-corrected chi connectivity index (χ3v) is 2.95. The molecule has 72 valence electrons. The normalized spacial score (nSPS) is 20.8. The molecule has 0 aromatic rings. The van der Waals surface area contributed by atoms with Gasteiger partial charge in [-0.15, -0.1) is 0 Å². The zero-order valence-corrected chi connectivity index (χ0v) is 8.44. The SMILES string of the molecule is CCNCCC1CCCCCC1. The fourth-order valence-corrected chi connectivity index (χ4v) is 2.14. The van der Waals surface area contributed by atoms with Gasteiger partial charge in [0.05, 0.1) is 0 Å². The van der Waals surface area contributed by atoms with Crippen LogP contribution in [-0.4, -0.2) is 13.1 Å². The monoisotopic (exact) mass is 169 g/mol. The summed E-state index contributed by atoms with van der Waals surface area (Å²) in [6.07, 6.45) is 10.3. The summed E-state index contributed by atoms with van der Waals surface area (Å²) in [6, 6.07) is 0. The van der Waals surface area contributed by atoms with Crippen LogP contribution in [-0.2, 0) is 0 Å². The molecule has 0 aromatic carbocycles. The van der Waals surface area contributed by atoms with Crippen LogP contribution in [0, 0.1) is 5.92 Å². The van der Waals surface area contributed by atoms with Gasteiger partial charge in [0.2, 0.25) is 0 Å². The molecular formula is C11H23N. The van der Waals surface area contributed by atoms with Crippen LogP contribution in [0.25, 0.3) is 0 Å². The van der Waals surface area contributed by atoms with E-state index in [1.807, 2.05) is 0 Å². The maximum Gasteiger partial charge on any atom is -0.00464 e. The molecule has 1 aliphatic carbocycles. The van der Waals surface area contributed by atoms with E-state index in [0.29, 0.717) is 0 Å². The van der Waals surface area contributed by atoms with E-state index in [2.05, 4.69) is 12.2 Å². The fourth-order valence-electron chi connectivity index (χ4n) is 2.14. The molecule has 1 fully saturated rings. The molecule has 0 atom stereocenters. The van der Waals surface area contributed by atoms with Gasteiger partial charge in [-0.3, -0.25) is 0 Å². The molecular weight excluding hydrogens is 146 g/mol. The topological polar surface area (TPSA) is 12.0 Å². The molecule has 0 unspecified atom stereocenters. The lowest BCUT2D eigenvalue weighted by atomic mass is 9.97. The van der Waals surface area contributed by atoms with Crippen molar-refractivity contribution in [3.8, 4) is 0 Å². The summed E-state index contributed by atoms with van der Waals surface area (Å²) in [5.41, 5.74) is 0. The first-order chi connectivity index (χ1) is 5.93. The van der Waals surface area contributed by atoms with Crippen LogP contribution in [0.15, 0.2) is 0 Å². The third kappa shape index (κ3) is 4.10. The van der Waals surface area contributed by atoms with Crippen LogP contribution in [0.3, 0.4) is 0 Å². The van der Waals surface area contributed by atoms with E-state index in [0.717, 1.165) is 12.5 Å². The maximum absolute atomic E-state index is 3.42. The van der Waals surface area contributed by atoms with Gasteiger partial charge >= 0.3 is 0 Å². The Morgan fingerprint density at radius 2 is 1.75 bits per heavy atom. The van der Waals surface area contributed by atoms with Gasteiger partial charge in [0.15, 0.2) is 0 Å². The molecule has 0 aromatic heterocycles. The number of rotatable bonds is 4. The number of nitrogens with one attached hydrogen (secondary N) is 1. The zero-order chi connectivity index (χ0) is 8.65. The molecule has 0 amide bonds. The molecule has 1 nitrogen and oxygen atoms in total. The fraction of sp³-hybridized carbons (Fsp3) is 1.00. The first-order valence-electron chi connectivity index (χ1n) is 5.64. The minimum Gasteiger partial charge on any atom is -0.317 e. The lowest BCUT2D eigenvalue weighted by molar-refractivity contribution is 0.417. The number of hydrogen-bond donors (Lipinski definition) is 1. The van der Waals surface area contributed by atoms with Gasteiger partial charge in [0.25, 0.3) is 0 Å². The van der Waals surface area contributed by atoms with Gasteiger partial charge in [-0.2, -0.15) is 0 Å². The Kier molecular flexibility index (Phi) is 5.42. The number of hydrogen-bond acceptors (Lipinski definition) is 1. The molecule has 1 heteroatoms. The van der Waals surface area contributed by atoms with Crippen molar-refractivity contribution in [2.24, 2.45) is 5.92 Å². The molecule has 0 saturated heterocycles. The quantitative estimate of drug-likeness (QED) is 0.504. The van der Waals surface area contributed by atoms with E-state index in [9.17, 15) is 0 Å². The first kappa shape index (κ1) is 10.0. The largest absolute Gasteiger partial charge is 0.317 e. The summed E-state index contributed by atoms with van der Waals surface area (Å²) in [5, 5.41) is 3.42. The third-order valence-electron chi connectivity index (χ3n) is 2.95. The molecule has 12 heavy (non-hydrogen) atoms. The first-order valence-corrected chi connectivity index (χ1v) is 5.64. The summed E-state index contributed by atoms with van der Waals surface area (Å²) in [7, 11) is 0. The van der Waals surface area contributed by atoms with Crippen LogP contribution < -0.4 is 5.32 Å². The summed E-state index contributed by atoms with van der Waals surface area (Å²) >= 11 is 0. The molecule has 1 rings (SSSR count). The molecule has 1 aliphatic rings. The highest BCUT2D eigenvalue weighted by atomic mass is 14.8. The molecule has 0 aliphatic heterocycles. The lowest BCUT2D eigenvalue weighted by Gasteiger charge is -2.13. The highest BCUT2D eigenvalue weighted by molar-refractivity contribution is 4.65. The van der Waals surface area contributed by atoms with Crippen molar-refractivity contribution in [1.82, 2.24) is 5.32 Å². The Morgan fingerprint density at radius 1 is 1.08 bits per heavy atom. The highest BCUT2D eigenvalue weighted by Gasteiger charge is 2.10. The Morgan fingerprint density at radius 3 is 2.33 bits per heavy atom. The Hall–Kier alpha value is -0.0400. The van der Waals surface area contributed by atoms with E-state index in [1.54, 1.807) is 0 Å². The van der Waals surface area contributed by atoms with Crippen LogP contribution in [0.1, 0.15) is 51.9 Å². The smallest absolute Gasteiger partial charge is 0.00464 e. The van der Waals surface area contributed by atoms with Gasteiger partial charge in [0, 0.05) is 0 Å². The van der Waals surface area contributed by atoms with Crippen molar-refractivity contribution >= 4 is 0 Å². The van der Waals surface area contributed by atoms with Gasteiger partial charge in [-0.1, -0.05) is 45.4 Å².